The summed E-state index contributed by atoms with van der Waals surface area (Å²) in [6.07, 6.45) is 56.0. The lowest BCUT2D eigenvalue weighted by Crippen LogP contribution is -2.60. The molecule has 440 valence electrons. The Kier molecular flexibility index (Phi) is 50.0. The number of rotatable bonds is 54. The highest BCUT2D eigenvalue weighted by atomic mass is 16.7. The van der Waals surface area contributed by atoms with Gasteiger partial charge in [-0.15, -0.1) is 0 Å². The Morgan fingerprint density at radius 1 is 0.467 bits per heavy atom. The second-order valence-corrected chi connectivity index (χ2v) is 22.1. The minimum Gasteiger partial charge on any atom is -0.394 e. The summed E-state index contributed by atoms with van der Waals surface area (Å²) in [5, 5.41) is 76.3. The molecule has 0 radical (unpaired) electrons. The summed E-state index contributed by atoms with van der Waals surface area (Å²) in [4.78, 5) is 13.2. The van der Waals surface area contributed by atoms with Crippen LogP contribution in [0.25, 0.3) is 0 Å². The van der Waals surface area contributed by atoms with Gasteiger partial charge in [0.1, 0.15) is 36.6 Å². The fourth-order valence-electron chi connectivity index (χ4n) is 9.96. The van der Waals surface area contributed by atoms with Gasteiger partial charge in [0.05, 0.1) is 25.4 Å². The van der Waals surface area contributed by atoms with Gasteiger partial charge in [0, 0.05) is 0 Å². The normalized spacial score (nSPS) is 20.0. The van der Waals surface area contributed by atoms with E-state index in [1.807, 2.05) is 0 Å². The van der Waals surface area contributed by atoms with E-state index >= 15 is 0 Å². The number of unbranched alkanes of at least 4 members (excludes halogenated alkanes) is 34. The third kappa shape index (κ3) is 40.9. The van der Waals surface area contributed by atoms with Gasteiger partial charge in [-0.25, -0.2) is 0 Å². The molecule has 1 aliphatic rings. The van der Waals surface area contributed by atoms with Crippen LogP contribution in [-0.4, -0.2) is 110 Å². The lowest BCUT2D eigenvalue weighted by Gasteiger charge is -2.40. The number of carbonyl (C=O) groups is 1. The van der Waals surface area contributed by atoms with Crippen LogP contribution in [-0.2, 0) is 14.3 Å². The first kappa shape index (κ1) is 71.1. The molecule has 0 spiro atoms. The van der Waals surface area contributed by atoms with Crippen LogP contribution in [0.5, 0.6) is 0 Å². The SMILES string of the molecule is CCCCCCCCCCC/C=C\C/C=C\CCCCCCCCCCC(O)C(=O)NC(COC1OC(CO)C(O)C(O)C1O)C(O)C(O)CCC/C=C/CC/C=C/CCCCCCCCCCCCCCCCC. The molecule has 8 N–H and O–H groups in total. The van der Waals surface area contributed by atoms with E-state index in [4.69, 9.17) is 9.47 Å². The van der Waals surface area contributed by atoms with Gasteiger partial charge in [0.15, 0.2) is 6.29 Å². The Labute approximate surface area is 459 Å². The first-order valence-electron chi connectivity index (χ1n) is 31.5. The van der Waals surface area contributed by atoms with Crippen molar-refractivity contribution in [3.8, 4) is 0 Å². The van der Waals surface area contributed by atoms with Gasteiger partial charge in [-0.2, -0.15) is 0 Å². The molecule has 11 nitrogen and oxygen atoms in total. The number of aliphatic hydroxyl groups is 7. The molecular formula is C64H119NO10. The van der Waals surface area contributed by atoms with Crippen molar-refractivity contribution in [3.05, 3.63) is 48.6 Å². The van der Waals surface area contributed by atoms with Crippen LogP contribution in [0.1, 0.15) is 284 Å². The van der Waals surface area contributed by atoms with Crippen molar-refractivity contribution in [2.24, 2.45) is 0 Å². The molecule has 0 bridgehead atoms. The Bertz CT molecular complexity index is 1360. The molecular weight excluding hydrogens is 943 g/mol. The average Bonchev–Trinajstić information content (AvgIpc) is 3.41. The molecule has 1 rings (SSSR count). The van der Waals surface area contributed by atoms with E-state index in [1.54, 1.807) is 0 Å². The van der Waals surface area contributed by atoms with E-state index in [2.05, 4.69) is 67.8 Å². The molecule has 0 aliphatic carbocycles. The molecule has 11 heteroatoms. The van der Waals surface area contributed by atoms with Crippen molar-refractivity contribution in [2.45, 2.75) is 339 Å². The van der Waals surface area contributed by atoms with Crippen molar-refractivity contribution >= 4 is 5.91 Å². The summed E-state index contributed by atoms with van der Waals surface area (Å²) in [6, 6.07) is -1.20. The topological polar surface area (TPSA) is 189 Å². The second kappa shape index (κ2) is 52.8. The number of nitrogens with one attached hydrogen (secondary N) is 1. The van der Waals surface area contributed by atoms with Crippen LogP contribution >= 0.6 is 0 Å². The zero-order chi connectivity index (χ0) is 54.7. The summed E-state index contributed by atoms with van der Waals surface area (Å²) in [5.74, 6) is -0.713. The molecule has 1 heterocycles. The van der Waals surface area contributed by atoms with E-state index in [0.717, 1.165) is 57.8 Å². The molecule has 0 saturated carbocycles. The Morgan fingerprint density at radius 3 is 1.27 bits per heavy atom. The molecule has 1 aliphatic heterocycles. The number of amides is 1. The number of ether oxygens (including phenoxy) is 2. The Balaban J connectivity index is 2.31. The number of allylic oxidation sites excluding steroid dienone is 8. The lowest BCUT2D eigenvalue weighted by molar-refractivity contribution is -0.303. The molecule has 1 fully saturated rings. The van der Waals surface area contributed by atoms with E-state index in [1.165, 1.54) is 180 Å². The second-order valence-electron chi connectivity index (χ2n) is 22.1. The maximum Gasteiger partial charge on any atom is 0.249 e. The van der Waals surface area contributed by atoms with Crippen LogP contribution in [0.15, 0.2) is 48.6 Å². The Morgan fingerprint density at radius 2 is 0.840 bits per heavy atom. The van der Waals surface area contributed by atoms with E-state index in [0.29, 0.717) is 19.3 Å². The number of hydrogen-bond acceptors (Lipinski definition) is 10. The molecule has 9 unspecified atom stereocenters. The monoisotopic (exact) mass is 1060 g/mol. The van der Waals surface area contributed by atoms with E-state index in [9.17, 15) is 40.5 Å². The van der Waals surface area contributed by atoms with Crippen molar-refractivity contribution in [2.75, 3.05) is 13.2 Å². The first-order valence-corrected chi connectivity index (χ1v) is 31.5. The van der Waals surface area contributed by atoms with E-state index < -0.39 is 74.2 Å². The lowest BCUT2D eigenvalue weighted by atomic mass is 9.98. The largest absolute Gasteiger partial charge is 0.394 e. The van der Waals surface area contributed by atoms with Crippen molar-refractivity contribution in [3.63, 3.8) is 0 Å². The van der Waals surface area contributed by atoms with Crippen LogP contribution < -0.4 is 5.32 Å². The van der Waals surface area contributed by atoms with Crippen LogP contribution in [0.3, 0.4) is 0 Å². The summed E-state index contributed by atoms with van der Waals surface area (Å²) in [7, 11) is 0. The van der Waals surface area contributed by atoms with Crippen LogP contribution in [0, 0.1) is 0 Å². The molecule has 0 aromatic rings. The minimum absolute atomic E-state index is 0.243. The molecule has 1 saturated heterocycles. The smallest absolute Gasteiger partial charge is 0.249 e. The number of carbonyl (C=O) groups excluding carboxylic acids is 1. The maximum atomic E-state index is 13.2. The average molecular weight is 1060 g/mol. The maximum absolute atomic E-state index is 13.2. The van der Waals surface area contributed by atoms with Crippen LogP contribution in [0.4, 0.5) is 0 Å². The molecule has 75 heavy (non-hydrogen) atoms. The van der Waals surface area contributed by atoms with Crippen molar-refractivity contribution in [1.82, 2.24) is 5.32 Å². The third-order valence-corrected chi connectivity index (χ3v) is 15.1. The standard InChI is InChI=1S/C64H119NO10/c1-3-5-7-9-11-13-15-17-19-21-23-25-27-29-31-33-35-37-39-41-43-45-47-49-51-56(67)59(69)55(54-74-64-62(72)61(71)60(70)58(53-66)75-64)65-63(73)57(68)52-50-48-46-44-42-40-38-36-34-32-30-28-26-24-22-20-18-16-14-12-10-8-6-4-2/h24,26,30,32,35,37,43,45,55-62,64,66-72H,3-23,25,27-29,31,33-34,36,38-42,44,46-54H2,1-2H3,(H,65,73)/b26-24-,32-30-,37-35+,45-43+. The molecule has 0 aromatic carbocycles. The summed E-state index contributed by atoms with van der Waals surface area (Å²) >= 11 is 0. The van der Waals surface area contributed by atoms with Gasteiger partial charge >= 0.3 is 0 Å². The van der Waals surface area contributed by atoms with Gasteiger partial charge in [0.2, 0.25) is 5.91 Å². The quantitative estimate of drug-likeness (QED) is 0.0215. The zero-order valence-electron chi connectivity index (χ0n) is 48.3. The highest BCUT2D eigenvalue weighted by Gasteiger charge is 2.44. The highest BCUT2D eigenvalue weighted by Crippen LogP contribution is 2.23. The fourth-order valence-corrected chi connectivity index (χ4v) is 9.96. The van der Waals surface area contributed by atoms with Gasteiger partial charge in [0.25, 0.3) is 0 Å². The van der Waals surface area contributed by atoms with Gasteiger partial charge in [-0.3, -0.25) is 4.79 Å². The molecule has 1 amide bonds. The van der Waals surface area contributed by atoms with Crippen molar-refractivity contribution < 1.29 is 50.0 Å². The molecule has 9 atom stereocenters. The Hall–Kier alpha value is -1.93. The van der Waals surface area contributed by atoms with Gasteiger partial charge < -0.3 is 50.5 Å². The molecule has 0 aromatic heterocycles. The first-order chi connectivity index (χ1) is 36.7. The fraction of sp³-hybridized carbons (Fsp3) is 0.859. The summed E-state index contributed by atoms with van der Waals surface area (Å²) in [6.45, 7) is 3.46. The zero-order valence-corrected chi connectivity index (χ0v) is 48.3. The minimum atomic E-state index is -1.67. The van der Waals surface area contributed by atoms with Crippen molar-refractivity contribution in [1.29, 1.82) is 0 Å². The van der Waals surface area contributed by atoms with Gasteiger partial charge in [-0.1, -0.05) is 249 Å². The summed E-state index contributed by atoms with van der Waals surface area (Å²) in [5.41, 5.74) is 0. The number of hydrogen-bond donors (Lipinski definition) is 8. The third-order valence-electron chi connectivity index (χ3n) is 15.1. The summed E-state index contributed by atoms with van der Waals surface area (Å²) < 4.78 is 11.1. The predicted molar refractivity (Wildman–Crippen MR) is 311 cm³/mol. The predicted octanol–water partition coefficient (Wildman–Crippen LogP) is 14.0. The number of aliphatic hydroxyl groups excluding tert-OH is 7. The highest BCUT2D eigenvalue weighted by molar-refractivity contribution is 5.80. The van der Waals surface area contributed by atoms with Gasteiger partial charge in [-0.05, 0) is 83.5 Å². The van der Waals surface area contributed by atoms with Crippen LogP contribution in [0.2, 0.25) is 0 Å². The van der Waals surface area contributed by atoms with E-state index in [-0.39, 0.29) is 12.8 Å².